The number of nitrogens with zero attached hydrogens (tertiary/aromatic N) is 2. The van der Waals surface area contributed by atoms with Gasteiger partial charge in [-0.1, -0.05) is 0 Å². The van der Waals surface area contributed by atoms with Crippen molar-refractivity contribution in [2.75, 3.05) is 31.6 Å². The third-order valence-corrected chi connectivity index (χ3v) is 4.02. The Hall–Kier alpha value is -1.20. The van der Waals surface area contributed by atoms with E-state index in [1.165, 1.54) is 12.8 Å². The molecule has 1 aromatic heterocycles. The van der Waals surface area contributed by atoms with Gasteiger partial charge in [-0.25, -0.2) is 0 Å². The van der Waals surface area contributed by atoms with Crippen molar-refractivity contribution in [2.45, 2.75) is 37.6 Å². The number of rotatable bonds is 4. The Morgan fingerprint density at radius 3 is 2.79 bits per heavy atom. The summed E-state index contributed by atoms with van der Waals surface area (Å²) >= 11 is 0. The molecule has 1 unspecified atom stereocenters. The minimum Gasteiger partial charge on any atom is -0.381 e. The van der Waals surface area contributed by atoms with E-state index < -0.39 is 0 Å². The highest BCUT2D eigenvalue weighted by Gasteiger charge is 2.18. The number of nitrogens with one attached hydrogen (secondary N) is 2. The molecule has 104 valence electrons. The average Bonchev–Trinajstić information content (AvgIpc) is 3.00. The molecule has 0 bridgehead atoms. The monoisotopic (exact) mass is 262 g/mol. The molecule has 3 rings (SSSR count). The van der Waals surface area contributed by atoms with Crippen LogP contribution in [0, 0.1) is 0 Å². The molecule has 3 heterocycles. The fraction of sp³-hybridized carbons (Fsp3) is 0.714. The van der Waals surface area contributed by atoms with Gasteiger partial charge in [0.25, 0.3) is 0 Å². The van der Waals surface area contributed by atoms with Crippen molar-refractivity contribution in [1.82, 2.24) is 15.5 Å². The highest BCUT2D eigenvalue weighted by atomic mass is 16.5. The van der Waals surface area contributed by atoms with Crippen LogP contribution in [0.25, 0.3) is 0 Å². The standard InChI is InChI=1S/C14H22N4O/c1-2-12(15-7-1)10-16-14-4-3-13(17-18-14)11-5-8-19-9-6-11/h3-4,11-12,15H,1-2,5-10H2,(H,16,18). The van der Waals surface area contributed by atoms with E-state index in [1.807, 2.05) is 6.07 Å². The molecule has 5 heteroatoms. The second kappa shape index (κ2) is 6.30. The zero-order valence-electron chi connectivity index (χ0n) is 11.3. The molecule has 0 radical (unpaired) electrons. The van der Waals surface area contributed by atoms with Crippen molar-refractivity contribution in [3.8, 4) is 0 Å². The molecule has 2 N–H and O–H groups in total. The molecular formula is C14H22N4O. The van der Waals surface area contributed by atoms with Gasteiger partial charge in [0.2, 0.25) is 0 Å². The molecule has 19 heavy (non-hydrogen) atoms. The second-order valence-corrected chi connectivity index (χ2v) is 5.40. The maximum Gasteiger partial charge on any atom is 0.148 e. The van der Waals surface area contributed by atoms with Gasteiger partial charge in [-0.15, -0.1) is 5.10 Å². The van der Waals surface area contributed by atoms with Gasteiger partial charge in [-0.3, -0.25) is 0 Å². The fourth-order valence-corrected chi connectivity index (χ4v) is 2.81. The smallest absolute Gasteiger partial charge is 0.148 e. The summed E-state index contributed by atoms with van der Waals surface area (Å²) in [5.74, 6) is 1.40. The van der Waals surface area contributed by atoms with Crippen molar-refractivity contribution in [3.05, 3.63) is 17.8 Å². The van der Waals surface area contributed by atoms with Gasteiger partial charge in [0.05, 0.1) is 5.69 Å². The number of hydrogen-bond acceptors (Lipinski definition) is 5. The van der Waals surface area contributed by atoms with E-state index >= 15 is 0 Å². The topological polar surface area (TPSA) is 59.1 Å². The lowest BCUT2D eigenvalue weighted by molar-refractivity contribution is 0.0843. The lowest BCUT2D eigenvalue weighted by Gasteiger charge is -2.21. The maximum atomic E-state index is 5.37. The Bertz CT molecular complexity index is 383. The first-order chi connectivity index (χ1) is 9.42. The van der Waals surface area contributed by atoms with Gasteiger partial charge in [0, 0.05) is 31.7 Å². The van der Waals surface area contributed by atoms with Crippen LogP contribution in [0.5, 0.6) is 0 Å². The van der Waals surface area contributed by atoms with Crippen LogP contribution in [-0.2, 0) is 4.74 Å². The molecule has 5 nitrogen and oxygen atoms in total. The molecule has 2 aliphatic heterocycles. The van der Waals surface area contributed by atoms with Crippen molar-refractivity contribution < 1.29 is 4.74 Å². The van der Waals surface area contributed by atoms with E-state index in [9.17, 15) is 0 Å². The summed E-state index contributed by atoms with van der Waals surface area (Å²) in [6.07, 6.45) is 4.65. The van der Waals surface area contributed by atoms with Crippen LogP contribution in [0.3, 0.4) is 0 Å². The van der Waals surface area contributed by atoms with E-state index in [0.717, 1.165) is 50.7 Å². The third-order valence-electron chi connectivity index (χ3n) is 4.02. The fourth-order valence-electron chi connectivity index (χ4n) is 2.81. The van der Waals surface area contributed by atoms with E-state index in [1.54, 1.807) is 0 Å². The van der Waals surface area contributed by atoms with E-state index in [4.69, 9.17) is 4.74 Å². The summed E-state index contributed by atoms with van der Waals surface area (Å²) in [6.45, 7) is 3.77. The SMILES string of the molecule is c1cc(C2CCOCC2)nnc1NCC1CCCN1. The summed E-state index contributed by atoms with van der Waals surface area (Å²) < 4.78 is 5.37. The Morgan fingerprint density at radius 1 is 1.21 bits per heavy atom. The number of aromatic nitrogens is 2. The molecular weight excluding hydrogens is 240 g/mol. The van der Waals surface area contributed by atoms with E-state index in [-0.39, 0.29) is 0 Å². The van der Waals surface area contributed by atoms with Crippen molar-refractivity contribution in [1.29, 1.82) is 0 Å². The Morgan fingerprint density at radius 2 is 2.11 bits per heavy atom. The number of ether oxygens (including phenoxy) is 1. The maximum absolute atomic E-state index is 5.37. The molecule has 2 aliphatic rings. The highest BCUT2D eigenvalue weighted by molar-refractivity contribution is 5.33. The number of anilines is 1. The zero-order valence-corrected chi connectivity index (χ0v) is 11.3. The average molecular weight is 262 g/mol. The van der Waals surface area contributed by atoms with Crippen LogP contribution in [0.2, 0.25) is 0 Å². The third kappa shape index (κ3) is 3.42. The first-order valence-corrected chi connectivity index (χ1v) is 7.30. The van der Waals surface area contributed by atoms with Gasteiger partial charge < -0.3 is 15.4 Å². The molecule has 0 spiro atoms. The van der Waals surface area contributed by atoms with Crippen LogP contribution in [0.4, 0.5) is 5.82 Å². The molecule has 2 fully saturated rings. The lowest BCUT2D eigenvalue weighted by atomic mass is 9.96. The second-order valence-electron chi connectivity index (χ2n) is 5.40. The molecule has 2 saturated heterocycles. The Balaban J connectivity index is 1.52. The minimum absolute atomic E-state index is 0.520. The molecule has 0 aromatic carbocycles. The Labute approximate surface area is 114 Å². The largest absolute Gasteiger partial charge is 0.381 e. The molecule has 0 aliphatic carbocycles. The number of hydrogen-bond donors (Lipinski definition) is 2. The first kappa shape index (κ1) is 12.8. The van der Waals surface area contributed by atoms with E-state index in [2.05, 4.69) is 26.9 Å². The summed E-state index contributed by atoms with van der Waals surface area (Å²) in [4.78, 5) is 0. The highest BCUT2D eigenvalue weighted by Crippen LogP contribution is 2.25. The quantitative estimate of drug-likeness (QED) is 0.862. The van der Waals surface area contributed by atoms with Crippen LogP contribution < -0.4 is 10.6 Å². The van der Waals surface area contributed by atoms with Gasteiger partial charge in [0.1, 0.15) is 5.82 Å². The van der Waals surface area contributed by atoms with Gasteiger partial charge >= 0.3 is 0 Å². The van der Waals surface area contributed by atoms with Crippen LogP contribution >= 0.6 is 0 Å². The molecule has 1 atom stereocenters. The van der Waals surface area contributed by atoms with Crippen molar-refractivity contribution in [3.63, 3.8) is 0 Å². The predicted octanol–water partition coefficient (Wildman–Crippen LogP) is 1.53. The van der Waals surface area contributed by atoms with Crippen LogP contribution in [0.1, 0.15) is 37.3 Å². The summed E-state index contributed by atoms with van der Waals surface area (Å²) in [6, 6.07) is 4.73. The van der Waals surface area contributed by atoms with Crippen LogP contribution in [-0.4, -0.2) is 42.5 Å². The minimum atomic E-state index is 0.520. The van der Waals surface area contributed by atoms with Gasteiger partial charge in [0.15, 0.2) is 0 Å². The Kier molecular flexibility index (Phi) is 4.25. The molecule has 0 amide bonds. The van der Waals surface area contributed by atoms with Crippen molar-refractivity contribution >= 4 is 5.82 Å². The van der Waals surface area contributed by atoms with Gasteiger partial charge in [-0.2, -0.15) is 5.10 Å². The zero-order chi connectivity index (χ0) is 12.9. The normalized spacial score (nSPS) is 24.5. The summed E-state index contributed by atoms with van der Waals surface area (Å²) in [5, 5.41) is 15.5. The summed E-state index contributed by atoms with van der Waals surface area (Å²) in [5.41, 5.74) is 1.10. The van der Waals surface area contributed by atoms with Gasteiger partial charge in [-0.05, 0) is 44.4 Å². The first-order valence-electron chi connectivity index (χ1n) is 7.30. The molecule has 1 aromatic rings. The van der Waals surface area contributed by atoms with E-state index in [0.29, 0.717) is 12.0 Å². The van der Waals surface area contributed by atoms with Crippen LogP contribution in [0.15, 0.2) is 12.1 Å². The predicted molar refractivity (Wildman–Crippen MR) is 74.3 cm³/mol. The lowest BCUT2D eigenvalue weighted by Crippen LogP contribution is -2.29. The molecule has 0 saturated carbocycles. The van der Waals surface area contributed by atoms with Crippen molar-refractivity contribution in [2.24, 2.45) is 0 Å². The summed E-state index contributed by atoms with van der Waals surface area (Å²) in [7, 11) is 0.